The van der Waals surface area contributed by atoms with E-state index >= 15 is 0 Å². The van der Waals surface area contributed by atoms with Crippen molar-refractivity contribution in [1.29, 1.82) is 0 Å². The van der Waals surface area contributed by atoms with Gasteiger partial charge in [0.25, 0.3) is 5.91 Å². The van der Waals surface area contributed by atoms with Gasteiger partial charge in [-0.25, -0.2) is 9.59 Å². The number of para-hydroxylation sites is 1. The second-order valence-corrected chi connectivity index (χ2v) is 14.6. The van der Waals surface area contributed by atoms with Crippen LogP contribution in [0, 0.1) is 6.92 Å². The maximum absolute atomic E-state index is 13.8. The molecule has 284 valence electrons. The normalized spacial score (nSPS) is 18.0. The van der Waals surface area contributed by atoms with Crippen LogP contribution in [-0.4, -0.2) is 120 Å². The van der Waals surface area contributed by atoms with Gasteiger partial charge < -0.3 is 40.1 Å². The van der Waals surface area contributed by atoms with Gasteiger partial charge in [-0.2, -0.15) is 0 Å². The van der Waals surface area contributed by atoms with Crippen LogP contribution >= 0.6 is 0 Å². The zero-order valence-corrected chi connectivity index (χ0v) is 31.5. The molecule has 0 aromatic heterocycles. The van der Waals surface area contributed by atoms with E-state index in [9.17, 15) is 24.3 Å². The quantitative estimate of drug-likeness (QED) is 0.207. The van der Waals surface area contributed by atoms with E-state index in [4.69, 9.17) is 4.74 Å². The number of carbonyl (C=O) groups excluding carboxylic acids is 4. The van der Waals surface area contributed by atoms with Gasteiger partial charge in [0.15, 0.2) is 6.61 Å². The van der Waals surface area contributed by atoms with Gasteiger partial charge in [-0.3, -0.25) is 9.59 Å². The first-order chi connectivity index (χ1) is 25.1. The minimum Gasteiger partial charge on any atom is -0.439 e. The molecule has 3 aliphatic heterocycles. The van der Waals surface area contributed by atoms with Crippen molar-refractivity contribution in [1.82, 2.24) is 19.6 Å². The van der Waals surface area contributed by atoms with Crippen LogP contribution in [0.1, 0.15) is 93.4 Å². The molecule has 1 saturated heterocycles. The lowest BCUT2D eigenvalue weighted by Crippen LogP contribution is -2.50. The van der Waals surface area contributed by atoms with E-state index in [2.05, 4.69) is 41.5 Å². The third kappa shape index (κ3) is 9.63. The van der Waals surface area contributed by atoms with Crippen molar-refractivity contribution in [3.63, 3.8) is 0 Å². The molecular formula is C40H58N6O6. The third-order valence-electron chi connectivity index (χ3n) is 10.8. The van der Waals surface area contributed by atoms with E-state index in [1.54, 1.807) is 9.80 Å². The summed E-state index contributed by atoms with van der Waals surface area (Å²) < 4.78 is 5.64. The predicted molar refractivity (Wildman–Crippen MR) is 203 cm³/mol. The second-order valence-electron chi connectivity index (χ2n) is 14.6. The van der Waals surface area contributed by atoms with Crippen LogP contribution < -0.4 is 10.6 Å². The van der Waals surface area contributed by atoms with Crippen molar-refractivity contribution in [3.8, 4) is 0 Å². The first-order valence-corrected chi connectivity index (χ1v) is 19.3. The van der Waals surface area contributed by atoms with E-state index < -0.39 is 6.09 Å². The summed E-state index contributed by atoms with van der Waals surface area (Å²) in [6.07, 6.45) is 4.69. The molecule has 5 rings (SSSR count). The Morgan fingerprint density at radius 1 is 1.00 bits per heavy atom. The Balaban J connectivity index is 1.19. The van der Waals surface area contributed by atoms with Crippen LogP contribution in [0.3, 0.4) is 0 Å². The molecule has 3 aliphatic rings. The largest absolute Gasteiger partial charge is 0.439 e. The third-order valence-corrected chi connectivity index (χ3v) is 10.8. The zero-order chi connectivity index (χ0) is 37.2. The van der Waals surface area contributed by atoms with Crippen LogP contribution in [0.4, 0.5) is 21.0 Å². The summed E-state index contributed by atoms with van der Waals surface area (Å²) >= 11 is 0. The number of piperidine rings is 1. The first-order valence-electron chi connectivity index (χ1n) is 19.3. The Kier molecular flexibility index (Phi) is 13.9. The summed E-state index contributed by atoms with van der Waals surface area (Å²) in [5.74, 6) is -0.494. The number of amides is 5. The maximum atomic E-state index is 13.8. The molecule has 0 saturated carbocycles. The van der Waals surface area contributed by atoms with Gasteiger partial charge in [0, 0.05) is 69.2 Å². The van der Waals surface area contributed by atoms with Gasteiger partial charge in [-0.1, -0.05) is 56.7 Å². The Labute approximate surface area is 308 Å². The van der Waals surface area contributed by atoms with Crippen LogP contribution in [0.2, 0.25) is 0 Å². The van der Waals surface area contributed by atoms with E-state index in [1.165, 1.54) is 0 Å². The molecule has 2 aromatic carbocycles. The number of anilines is 2. The minimum absolute atomic E-state index is 0.0135. The standard InChI is InChI=1S/C40H58N6O6/c1-5-16-43(18-10-23-47)17-9-19-45(26-29(4)33-24-28(3)25-34-32(6-2)38(49)42-37(33)34)36(48)27-52-40(51)44-20-14-31(15-21-44)46-22-13-30-11-7-8-12-35(30)41-39(46)50/h7-8,11-12,24-25,29,31-32,47H,5-6,9-10,13-23,26-27H2,1-4H3,(H,41,50)(H,42,49). The Bertz CT molecular complexity index is 1560. The first kappa shape index (κ1) is 39.1. The molecule has 0 radical (unpaired) electrons. The monoisotopic (exact) mass is 718 g/mol. The molecule has 3 heterocycles. The number of urea groups is 1. The number of nitrogens with one attached hydrogen (secondary N) is 2. The van der Waals surface area contributed by atoms with Crippen molar-refractivity contribution in [3.05, 3.63) is 58.7 Å². The second kappa shape index (κ2) is 18.6. The fraction of sp³-hybridized carbons (Fsp3) is 0.600. The van der Waals surface area contributed by atoms with Crippen LogP contribution in [-0.2, 0) is 20.7 Å². The smallest absolute Gasteiger partial charge is 0.410 e. The van der Waals surface area contributed by atoms with E-state index in [0.717, 1.165) is 78.9 Å². The molecule has 0 aliphatic carbocycles. The molecule has 0 spiro atoms. The predicted octanol–water partition coefficient (Wildman–Crippen LogP) is 5.55. The number of hydrogen-bond acceptors (Lipinski definition) is 7. The Hall–Kier alpha value is -4.16. The number of likely N-dealkylation sites (tertiary alicyclic amines) is 1. The van der Waals surface area contributed by atoms with Crippen LogP contribution in [0.5, 0.6) is 0 Å². The number of rotatable bonds is 16. The van der Waals surface area contributed by atoms with Crippen LogP contribution in [0.15, 0.2) is 36.4 Å². The number of aliphatic hydroxyl groups is 1. The van der Waals surface area contributed by atoms with Crippen molar-refractivity contribution in [2.75, 3.05) is 76.2 Å². The number of ether oxygens (including phenoxy) is 1. The summed E-state index contributed by atoms with van der Waals surface area (Å²) in [6.45, 7) is 13.0. The SMILES string of the molecule is CCCN(CCCO)CCCN(CC(C)c1cc(C)cc2c1NC(=O)C2CC)C(=O)COC(=O)N1CCC(N2CCc3ccccc3NC2=O)CC1. The average Bonchev–Trinajstić information content (AvgIpc) is 3.36. The summed E-state index contributed by atoms with van der Waals surface area (Å²) in [5.41, 5.74) is 5.93. The number of hydrogen-bond donors (Lipinski definition) is 3. The fourth-order valence-electron chi connectivity index (χ4n) is 7.99. The summed E-state index contributed by atoms with van der Waals surface area (Å²) in [7, 11) is 0. The van der Waals surface area contributed by atoms with Gasteiger partial charge in [0.05, 0.1) is 5.92 Å². The molecule has 0 bridgehead atoms. The number of fused-ring (bicyclic) bond motifs is 2. The summed E-state index contributed by atoms with van der Waals surface area (Å²) in [4.78, 5) is 60.5. The van der Waals surface area contributed by atoms with Crippen molar-refractivity contribution in [2.24, 2.45) is 0 Å². The topological polar surface area (TPSA) is 135 Å². The molecule has 12 nitrogen and oxygen atoms in total. The summed E-state index contributed by atoms with van der Waals surface area (Å²) in [5, 5.41) is 15.5. The lowest BCUT2D eigenvalue weighted by atomic mass is 9.90. The molecule has 3 N–H and O–H groups in total. The molecule has 2 aromatic rings. The highest BCUT2D eigenvalue weighted by Gasteiger charge is 2.34. The van der Waals surface area contributed by atoms with Crippen molar-refractivity contribution >= 4 is 35.3 Å². The molecule has 52 heavy (non-hydrogen) atoms. The number of aryl methyl sites for hydroxylation is 1. The van der Waals surface area contributed by atoms with Gasteiger partial charge in [-0.05, 0) is 87.7 Å². The van der Waals surface area contributed by atoms with Crippen LogP contribution in [0.25, 0.3) is 0 Å². The Morgan fingerprint density at radius 3 is 2.48 bits per heavy atom. The molecule has 2 atom stereocenters. The highest BCUT2D eigenvalue weighted by Crippen LogP contribution is 2.41. The van der Waals surface area contributed by atoms with E-state index in [-0.39, 0.29) is 48.9 Å². The minimum atomic E-state index is -0.518. The van der Waals surface area contributed by atoms with E-state index in [0.29, 0.717) is 52.0 Å². The zero-order valence-electron chi connectivity index (χ0n) is 31.5. The lowest BCUT2D eigenvalue weighted by Gasteiger charge is -2.37. The molecular weight excluding hydrogens is 660 g/mol. The van der Waals surface area contributed by atoms with Gasteiger partial charge in [-0.15, -0.1) is 0 Å². The number of nitrogens with zero attached hydrogens (tertiary/aromatic N) is 4. The molecule has 1 fully saturated rings. The molecule has 12 heteroatoms. The molecule has 2 unspecified atom stereocenters. The maximum Gasteiger partial charge on any atom is 0.410 e. The number of aliphatic hydroxyl groups excluding tert-OH is 1. The highest BCUT2D eigenvalue weighted by molar-refractivity contribution is 6.04. The lowest BCUT2D eigenvalue weighted by molar-refractivity contribution is -0.135. The van der Waals surface area contributed by atoms with E-state index in [1.807, 2.05) is 43.0 Å². The molecule has 5 amide bonds. The summed E-state index contributed by atoms with van der Waals surface area (Å²) in [6, 6.07) is 11.9. The number of carbonyl (C=O) groups is 4. The van der Waals surface area contributed by atoms with Gasteiger partial charge in [0.1, 0.15) is 0 Å². The van der Waals surface area contributed by atoms with Gasteiger partial charge in [0.2, 0.25) is 5.91 Å². The Morgan fingerprint density at radius 2 is 1.75 bits per heavy atom. The van der Waals surface area contributed by atoms with Crippen molar-refractivity contribution in [2.45, 2.75) is 90.5 Å². The van der Waals surface area contributed by atoms with Crippen molar-refractivity contribution < 1.29 is 29.0 Å². The fourth-order valence-corrected chi connectivity index (χ4v) is 7.99. The highest BCUT2D eigenvalue weighted by atomic mass is 16.6. The number of benzene rings is 2. The van der Waals surface area contributed by atoms with Gasteiger partial charge >= 0.3 is 12.1 Å². The average molecular weight is 719 g/mol.